The number of aryl methyl sites for hydroxylation is 1. The minimum atomic E-state index is -0.447. The number of hydrogen-bond acceptors (Lipinski definition) is 8. The van der Waals surface area contributed by atoms with Crippen molar-refractivity contribution in [2.24, 2.45) is 5.84 Å². The van der Waals surface area contributed by atoms with Crippen molar-refractivity contribution >= 4 is 11.6 Å². The molecule has 0 radical (unpaired) electrons. The van der Waals surface area contributed by atoms with Crippen molar-refractivity contribution in [1.29, 1.82) is 0 Å². The first-order valence-corrected chi connectivity index (χ1v) is 10.6. The van der Waals surface area contributed by atoms with E-state index in [1.807, 2.05) is 24.3 Å². The molecular formula is C22H22N10O. The van der Waals surface area contributed by atoms with E-state index in [0.717, 1.165) is 46.4 Å². The second kappa shape index (κ2) is 8.63. The summed E-state index contributed by atoms with van der Waals surface area (Å²) < 4.78 is 1.49. The number of nitrogen functional groups attached to an aromatic ring is 1. The van der Waals surface area contributed by atoms with Gasteiger partial charge in [0.1, 0.15) is 0 Å². The second-order valence-electron chi connectivity index (χ2n) is 7.61. The van der Waals surface area contributed by atoms with Crippen LogP contribution in [0, 0.1) is 0 Å². The van der Waals surface area contributed by atoms with E-state index in [-0.39, 0.29) is 0 Å². The number of benzene rings is 2. The molecular weight excluding hydrogens is 420 g/mol. The molecule has 0 fully saturated rings. The van der Waals surface area contributed by atoms with Crippen LogP contribution in [0.3, 0.4) is 0 Å². The Morgan fingerprint density at radius 3 is 2.55 bits per heavy atom. The third-order valence-electron chi connectivity index (χ3n) is 5.49. The van der Waals surface area contributed by atoms with Crippen molar-refractivity contribution in [3.05, 3.63) is 75.8 Å². The normalized spacial score (nSPS) is 11.2. The number of fused-ring (bicyclic) bond motifs is 1. The Hall–Kier alpha value is -4.38. The molecule has 3 aromatic heterocycles. The van der Waals surface area contributed by atoms with Crippen LogP contribution >= 0.6 is 0 Å². The fourth-order valence-electron chi connectivity index (χ4n) is 3.99. The number of anilines is 1. The molecule has 5 rings (SSSR count). The molecule has 2 aromatic carbocycles. The molecule has 33 heavy (non-hydrogen) atoms. The van der Waals surface area contributed by atoms with Crippen molar-refractivity contribution in [2.75, 3.05) is 5.43 Å². The molecule has 166 valence electrons. The molecule has 0 bridgehead atoms. The van der Waals surface area contributed by atoms with Crippen molar-refractivity contribution in [3.63, 3.8) is 0 Å². The van der Waals surface area contributed by atoms with E-state index < -0.39 is 5.69 Å². The lowest BCUT2D eigenvalue weighted by molar-refractivity contribution is 0.822. The lowest BCUT2D eigenvalue weighted by Crippen LogP contribution is -2.17. The predicted octanol–water partition coefficient (Wildman–Crippen LogP) is 2.09. The molecule has 11 heteroatoms. The van der Waals surface area contributed by atoms with Gasteiger partial charge in [-0.3, -0.25) is 5.43 Å². The Balaban J connectivity index is 1.52. The van der Waals surface area contributed by atoms with Gasteiger partial charge in [0.05, 0.1) is 5.69 Å². The van der Waals surface area contributed by atoms with E-state index in [0.29, 0.717) is 23.8 Å². The first-order chi connectivity index (χ1) is 16.2. The highest BCUT2D eigenvalue weighted by Crippen LogP contribution is 2.30. The average molecular weight is 442 g/mol. The molecule has 0 spiro atoms. The van der Waals surface area contributed by atoms with Crippen LogP contribution in [0.15, 0.2) is 53.3 Å². The lowest BCUT2D eigenvalue weighted by Gasteiger charge is -2.13. The maximum Gasteiger partial charge on any atom is 0.362 e. The molecule has 0 atom stereocenters. The van der Waals surface area contributed by atoms with Crippen molar-refractivity contribution in [2.45, 2.75) is 26.2 Å². The molecule has 0 saturated heterocycles. The van der Waals surface area contributed by atoms with Gasteiger partial charge in [-0.1, -0.05) is 61.9 Å². The van der Waals surface area contributed by atoms with Crippen LogP contribution in [0.4, 0.5) is 5.95 Å². The minimum absolute atomic E-state index is 0.348. The zero-order valence-electron chi connectivity index (χ0n) is 17.9. The summed E-state index contributed by atoms with van der Waals surface area (Å²) in [4.78, 5) is 20.7. The predicted molar refractivity (Wildman–Crippen MR) is 123 cm³/mol. The maximum absolute atomic E-state index is 12.0. The second-order valence-corrected chi connectivity index (χ2v) is 7.61. The Morgan fingerprint density at radius 2 is 1.85 bits per heavy atom. The summed E-state index contributed by atoms with van der Waals surface area (Å²) in [6, 6.07) is 16.2. The Kier molecular flexibility index (Phi) is 5.37. The summed E-state index contributed by atoms with van der Waals surface area (Å²) in [5, 5.41) is 16.9. The van der Waals surface area contributed by atoms with Gasteiger partial charge in [0.15, 0.2) is 11.5 Å². The van der Waals surface area contributed by atoms with E-state index >= 15 is 0 Å². The summed E-state index contributed by atoms with van der Waals surface area (Å²) in [6.07, 6.45) is 2.23. The van der Waals surface area contributed by atoms with Crippen LogP contribution in [0.2, 0.25) is 0 Å². The molecule has 5 N–H and O–H groups in total. The van der Waals surface area contributed by atoms with Gasteiger partial charge >= 0.3 is 5.69 Å². The zero-order chi connectivity index (χ0) is 22.8. The SMILES string of the molecule is CCCc1nc(NN)n2[nH]c(=O)nc2c1Cc1ccc(-c2ccccc2-c2nnn[nH]2)cc1. The molecule has 0 aliphatic heterocycles. The average Bonchev–Trinajstić information content (AvgIpc) is 3.51. The lowest BCUT2D eigenvalue weighted by atomic mass is 9.96. The fraction of sp³-hybridized carbons (Fsp3) is 0.182. The molecule has 0 aliphatic carbocycles. The summed E-state index contributed by atoms with van der Waals surface area (Å²) >= 11 is 0. The van der Waals surface area contributed by atoms with Crippen LogP contribution in [-0.2, 0) is 12.8 Å². The topological polar surface area (TPSA) is 156 Å². The number of hydrogen-bond donors (Lipinski definition) is 4. The van der Waals surface area contributed by atoms with Crippen LogP contribution in [-0.4, -0.2) is 40.2 Å². The number of rotatable bonds is 7. The monoisotopic (exact) mass is 442 g/mol. The highest BCUT2D eigenvalue weighted by Gasteiger charge is 2.17. The zero-order valence-corrected chi connectivity index (χ0v) is 17.9. The summed E-state index contributed by atoms with van der Waals surface area (Å²) in [7, 11) is 0. The van der Waals surface area contributed by atoms with Gasteiger partial charge in [0, 0.05) is 17.5 Å². The highest BCUT2D eigenvalue weighted by molar-refractivity contribution is 5.80. The van der Waals surface area contributed by atoms with E-state index in [1.54, 1.807) is 0 Å². The van der Waals surface area contributed by atoms with Crippen molar-refractivity contribution < 1.29 is 0 Å². The van der Waals surface area contributed by atoms with Gasteiger partial charge in [0.2, 0.25) is 5.95 Å². The van der Waals surface area contributed by atoms with Crippen LogP contribution in [0.1, 0.15) is 30.2 Å². The number of nitrogens with one attached hydrogen (secondary N) is 3. The summed E-state index contributed by atoms with van der Waals surface area (Å²) in [5.41, 5.74) is 8.45. The van der Waals surface area contributed by atoms with Crippen LogP contribution in [0.25, 0.3) is 28.2 Å². The first kappa shape index (κ1) is 20.5. The molecule has 0 amide bonds. The molecule has 5 aromatic rings. The molecule has 3 heterocycles. The van der Waals surface area contributed by atoms with Crippen LogP contribution < -0.4 is 17.0 Å². The van der Waals surface area contributed by atoms with E-state index in [9.17, 15) is 4.79 Å². The number of nitrogens with zero attached hydrogens (tertiary/aromatic N) is 6. The number of aromatic amines is 2. The summed E-state index contributed by atoms with van der Waals surface area (Å²) in [5.74, 6) is 6.58. The van der Waals surface area contributed by atoms with E-state index in [1.165, 1.54) is 4.52 Å². The number of nitrogens with two attached hydrogens (primary N) is 1. The maximum atomic E-state index is 12.0. The van der Waals surface area contributed by atoms with Gasteiger partial charge in [-0.2, -0.15) is 9.50 Å². The third kappa shape index (κ3) is 3.85. The quantitative estimate of drug-likeness (QED) is 0.220. The standard InChI is InChI=1S/C22H22N10O/c1-2-5-18-17(20-25-22(33)29-32(20)21(24-18)26-23)12-13-8-10-14(11-9-13)15-6-3-4-7-16(15)19-27-30-31-28-19/h3-4,6-11H,2,5,12,23H2,1H3,(H,24,26)(H,29,33)(H,27,28,30,31). The van der Waals surface area contributed by atoms with Gasteiger partial charge in [-0.25, -0.2) is 25.8 Å². The largest absolute Gasteiger partial charge is 0.362 e. The van der Waals surface area contributed by atoms with Gasteiger partial charge < -0.3 is 0 Å². The minimum Gasteiger partial charge on any atom is -0.292 e. The fourth-order valence-corrected chi connectivity index (χ4v) is 3.99. The van der Waals surface area contributed by atoms with Crippen molar-refractivity contribution in [1.82, 2.24) is 40.2 Å². The first-order valence-electron chi connectivity index (χ1n) is 10.6. The number of H-pyrrole nitrogens is 2. The smallest absolute Gasteiger partial charge is 0.292 e. The number of aromatic nitrogens is 8. The number of hydrazine groups is 1. The highest BCUT2D eigenvalue weighted by atomic mass is 16.1. The molecule has 0 aliphatic rings. The Bertz CT molecular complexity index is 1450. The third-order valence-corrected chi connectivity index (χ3v) is 5.49. The van der Waals surface area contributed by atoms with Crippen LogP contribution in [0.5, 0.6) is 0 Å². The van der Waals surface area contributed by atoms with E-state index in [2.05, 4.69) is 72.3 Å². The molecule has 0 saturated carbocycles. The van der Waals surface area contributed by atoms with E-state index in [4.69, 9.17) is 5.84 Å². The Labute approximate surface area is 188 Å². The molecule has 11 nitrogen and oxygen atoms in total. The Morgan fingerprint density at radius 1 is 1.06 bits per heavy atom. The van der Waals surface area contributed by atoms with Gasteiger partial charge in [-0.05, 0) is 33.5 Å². The number of tetrazole rings is 1. The van der Waals surface area contributed by atoms with Crippen molar-refractivity contribution in [3.8, 4) is 22.5 Å². The summed E-state index contributed by atoms with van der Waals surface area (Å²) in [6.45, 7) is 2.08. The van der Waals surface area contributed by atoms with Gasteiger partial charge in [-0.15, -0.1) is 5.10 Å². The van der Waals surface area contributed by atoms with Gasteiger partial charge in [0.25, 0.3) is 0 Å². The molecule has 0 unspecified atom stereocenters.